The summed E-state index contributed by atoms with van der Waals surface area (Å²) in [5.74, 6) is 5.98. The molecule has 138 valence electrons. The average molecular weight is 407 g/mol. The van der Waals surface area contributed by atoms with E-state index in [4.69, 9.17) is 11.6 Å². The van der Waals surface area contributed by atoms with E-state index >= 15 is 0 Å². The molecule has 0 unspecified atom stereocenters. The highest BCUT2D eigenvalue weighted by Crippen LogP contribution is 2.28. The predicted octanol–water partition coefficient (Wildman–Crippen LogP) is 4.63. The summed E-state index contributed by atoms with van der Waals surface area (Å²) in [6.07, 6.45) is 1.49. The molecule has 0 N–H and O–H groups in total. The van der Waals surface area contributed by atoms with Gasteiger partial charge in [-0.2, -0.15) is 0 Å². The van der Waals surface area contributed by atoms with E-state index in [9.17, 15) is 8.42 Å². The van der Waals surface area contributed by atoms with Crippen LogP contribution in [-0.2, 0) is 10.0 Å². The van der Waals surface area contributed by atoms with Gasteiger partial charge in [0.05, 0.1) is 9.92 Å². The molecule has 0 radical (unpaired) electrons. The van der Waals surface area contributed by atoms with Gasteiger partial charge in [-0.1, -0.05) is 53.4 Å². The van der Waals surface area contributed by atoms with Crippen molar-refractivity contribution >= 4 is 32.7 Å². The van der Waals surface area contributed by atoms with Gasteiger partial charge in [0, 0.05) is 17.1 Å². The van der Waals surface area contributed by atoms with Gasteiger partial charge in [0.1, 0.15) is 5.69 Å². The Kier molecular flexibility index (Phi) is 4.68. The summed E-state index contributed by atoms with van der Waals surface area (Å²) in [4.78, 5) is 4.43. The molecule has 0 bridgehead atoms. The van der Waals surface area contributed by atoms with Crippen LogP contribution in [0.4, 0.5) is 0 Å². The number of benzene rings is 2. The molecule has 0 aliphatic heterocycles. The largest absolute Gasteiger partial charge is 0.270 e. The molecule has 2 aromatic carbocycles. The molecule has 0 fully saturated rings. The zero-order valence-electron chi connectivity index (χ0n) is 14.9. The minimum atomic E-state index is -3.90. The highest BCUT2D eigenvalue weighted by atomic mass is 35.5. The van der Waals surface area contributed by atoms with E-state index in [2.05, 4.69) is 16.8 Å². The molecule has 4 rings (SSSR count). The summed E-state index contributed by atoms with van der Waals surface area (Å²) in [6, 6.07) is 19.3. The van der Waals surface area contributed by atoms with Gasteiger partial charge in [-0.25, -0.2) is 17.4 Å². The van der Waals surface area contributed by atoms with Gasteiger partial charge in [-0.15, -0.1) is 0 Å². The summed E-state index contributed by atoms with van der Waals surface area (Å²) < 4.78 is 27.9. The van der Waals surface area contributed by atoms with E-state index in [-0.39, 0.29) is 10.5 Å². The van der Waals surface area contributed by atoms with Crippen molar-refractivity contribution in [3.8, 4) is 11.8 Å². The zero-order valence-corrected chi connectivity index (χ0v) is 16.5. The third kappa shape index (κ3) is 3.29. The Bertz CT molecular complexity index is 1330. The standard InChI is InChI=1S/C22H15ClN2O2S/c1-16-7-11-19(12-8-16)28(26,27)25-18(10-9-17-5-3-2-4-6-17)15-20-21(23)13-14-24-22(20)25/h2-8,11-15H,1H3. The maximum atomic E-state index is 13.4. The molecule has 0 saturated carbocycles. The van der Waals surface area contributed by atoms with E-state index < -0.39 is 10.0 Å². The Balaban J connectivity index is 1.97. The monoisotopic (exact) mass is 406 g/mol. The van der Waals surface area contributed by atoms with Crippen molar-refractivity contribution in [2.45, 2.75) is 11.8 Å². The van der Waals surface area contributed by atoms with E-state index in [1.54, 1.807) is 36.4 Å². The number of nitrogens with zero attached hydrogens (tertiary/aromatic N) is 2. The maximum absolute atomic E-state index is 13.4. The molecular formula is C22H15ClN2O2S. The second kappa shape index (κ2) is 7.16. The van der Waals surface area contributed by atoms with Crippen molar-refractivity contribution in [3.63, 3.8) is 0 Å². The van der Waals surface area contributed by atoms with Crippen LogP contribution < -0.4 is 0 Å². The number of aryl methyl sites for hydroxylation is 1. The number of pyridine rings is 1. The van der Waals surface area contributed by atoms with Crippen LogP contribution in [0.15, 0.2) is 77.8 Å². The van der Waals surface area contributed by atoms with Crippen molar-refractivity contribution in [2.75, 3.05) is 0 Å². The lowest BCUT2D eigenvalue weighted by atomic mass is 10.2. The summed E-state index contributed by atoms with van der Waals surface area (Å²) in [7, 11) is -3.90. The second-order valence-corrected chi connectivity index (χ2v) is 8.45. The van der Waals surface area contributed by atoms with Gasteiger partial charge in [-0.3, -0.25) is 0 Å². The number of hydrogen-bond donors (Lipinski definition) is 0. The Hall–Kier alpha value is -3.07. The first-order valence-electron chi connectivity index (χ1n) is 8.52. The second-order valence-electron chi connectivity index (χ2n) is 6.26. The topological polar surface area (TPSA) is 52.0 Å². The number of fused-ring (bicyclic) bond motifs is 1. The highest BCUT2D eigenvalue weighted by Gasteiger charge is 2.24. The fourth-order valence-electron chi connectivity index (χ4n) is 2.85. The van der Waals surface area contributed by atoms with Crippen molar-refractivity contribution < 1.29 is 8.42 Å². The van der Waals surface area contributed by atoms with Crippen molar-refractivity contribution in [3.05, 3.63) is 94.8 Å². The van der Waals surface area contributed by atoms with Crippen LogP contribution in [0.2, 0.25) is 5.02 Å². The molecule has 2 aromatic heterocycles. The van der Waals surface area contributed by atoms with Crippen LogP contribution >= 0.6 is 11.6 Å². The van der Waals surface area contributed by atoms with Crippen LogP contribution in [0.3, 0.4) is 0 Å². The Labute approximate surface area is 168 Å². The van der Waals surface area contributed by atoms with Gasteiger partial charge in [0.15, 0.2) is 5.65 Å². The normalized spacial score (nSPS) is 11.2. The number of rotatable bonds is 2. The van der Waals surface area contributed by atoms with E-state index in [0.29, 0.717) is 16.1 Å². The fraction of sp³-hybridized carbons (Fsp3) is 0.0455. The Morgan fingerprint density at radius 1 is 0.964 bits per heavy atom. The molecule has 0 amide bonds. The summed E-state index contributed by atoms with van der Waals surface area (Å²) >= 11 is 6.28. The van der Waals surface area contributed by atoms with Gasteiger partial charge in [0.2, 0.25) is 0 Å². The van der Waals surface area contributed by atoms with Crippen molar-refractivity contribution in [2.24, 2.45) is 0 Å². The minimum Gasteiger partial charge on any atom is -0.237 e. The molecular weight excluding hydrogens is 392 g/mol. The Morgan fingerprint density at radius 3 is 2.39 bits per heavy atom. The van der Waals surface area contributed by atoms with Gasteiger partial charge in [0.25, 0.3) is 10.0 Å². The first-order chi connectivity index (χ1) is 13.5. The first kappa shape index (κ1) is 18.3. The zero-order chi connectivity index (χ0) is 19.7. The number of aromatic nitrogens is 2. The molecule has 0 spiro atoms. The van der Waals surface area contributed by atoms with E-state index in [1.807, 2.05) is 37.3 Å². The predicted molar refractivity (Wildman–Crippen MR) is 111 cm³/mol. The lowest BCUT2D eigenvalue weighted by molar-refractivity contribution is 0.588. The quantitative estimate of drug-likeness (QED) is 0.456. The van der Waals surface area contributed by atoms with Gasteiger partial charge in [-0.05, 0) is 49.2 Å². The molecule has 0 saturated heterocycles. The SMILES string of the molecule is Cc1ccc(S(=O)(=O)n2c(C#Cc3ccccc3)cc3c(Cl)ccnc32)cc1. The molecule has 28 heavy (non-hydrogen) atoms. The lowest BCUT2D eigenvalue weighted by Gasteiger charge is -2.09. The van der Waals surface area contributed by atoms with Crippen LogP contribution in [0.5, 0.6) is 0 Å². The van der Waals surface area contributed by atoms with Gasteiger partial charge < -0.3 is 0 Å². The van der Waals surface area contributed by atoms with Crippen LogP contribution in [0.1, 0.15) is 16.8 Å². The summed E-state index contributed by atoms with van der Waals surface area (Å²) in [5.41, 5.74) is 2.32. The van der Waals surface area contributed by atoms with Crippen LogP contribution in [-0.4, -0.2) is 17.4 Å². The molecule has 0 atom stereocenters. The number of halogens is 1. The molecule has 4 nitrogen and oxygen atoms in total. The van der Waals surface area contributed by atoms with Crippen LogP contribution in [0, 0.1) is 18.8 Å². The van der Waals surface area contributed by atoms with Crippen molar-refractivity contribution in [1.82, 2.24) is 8.96 Å². The summed E-state index contributed by atoms with van der Waals surface area (Å²) in [6.45, 7) is 1.90. The van der Waals surface area contributed by atoms with Crippen molar-refractivity contribution in [1.29, 1.82) is 0 Å². The average Bonchev–Trinajstić information content (AvgIpc) is 3.08. The molecule has 6 heteroatoms. The first-order valence-corrected chi connectivity index (χ1v) is 10.3. The molecule has 0 aliphatic carbocycles. The maximum Gasteiger partial charge on any atom is 0.270 e. The smallest absolute Gasteiger partial charge is 0.237 e. The highest BCUT2D eigenvalue weighted by molar-refractivity contribution is 7.90. The third-order valence-electron chi connectivity index (χ3n) is 4.28. The van der Waals surface area contributed by atoms with Crippen LogP contribution in [0.25, 0.3) is 11.0 Å². The Morgan fingerprint density at radius 2 is 1.68 bits per heavy atom. The molecule has 0 aliphatic rings. The van der Waals surface area contributed by atoms with E-state index in [1.165, 1.54) is 6.20 Å². The molecule has 4 aromatic rings. The fourth-order valence-corrected chi connectivity index (χ4v) is 4.46. The minimum absolute atomic E-state index is 0.167. The van der Waals surface area contributed by atoms with E-state index in [0.717, 1.165) is 15.1 Å². The lowest BCUT2D eigenvalue weighted by Crippen LogP contribution is -2.15. The van der Waals surface area contributed by atoms with Gasteiger partial charge >= 0.3 is 0 Å². The third-order valence-corrected chi connectivity index (χ3v) is 6.32. The summed E-state index contributed by atoms with van der Waals surface area (Å²) in [5, 5.41) is 0.961. The molecule has 2 heterocycles. The number of hydrogen-bond acceptors (Lipinski definition) is 3.